The molecule has 0 bridgehead atoms. The van der Waals surface area contributed by atoms with Crippen molar-refractivity contribution in [3.8, 4) is 23.0 Å². The third-order valence-electron chi connectivity index (χ3n) is 21.9. The summed E-state index contributed by atoms with van der Waals surface area (Å²) in [7, 11) is 6.52. The van der Waals surface area contributed by atoms with Crippen LogP contribution in [0, 0.1) is 0 Å². The molecule has 14 rings (SSSR count). The number of rotatable bonds is 27. The van der Waals surface area contributed by atoms with E-state index in [1.165, 1.54) is 62.8 Å². The van der Waals surface area contributed by atoms with Crippen LogP contribution >= 0.6 is 0 Å². The van der Waals surface area contributed by atoms with Gasteiger partial charge in [-0.05, 0) is 157 Å². The van der Waals surface area contributed by atoms with Crippen LogP contribution in [0.1, 0.15) is 179 Å². The molecule has 2 saturated carbocycles. The average molecular weight is 1720 g/mol. The number of benzene rings is 4. The number of carboxylic acid groups (broad SMARTS) is 2. The number of anilines is 8. The lowest BCUT2D eigenvalue weighted by molar-refractivity contribution is -0.192. The molecule has 4 fully saturated rings. The van der Waals surface area contributed by atoms with Crippen molar-refractivity contribution < 1.29 is 114 Å². The molecular formula is C83H94F3N17O21. The number of nitrogens with two attached hydrogens (primary N) is 1. The zero-order chi connectivity index (χ0) is 89.5. The lowest BCUT2D eigenvalue weighted by atomic mass is 10.0. The number of pyridine rings is 1. The van der Waals surface area contributed by atoms with Crippen LogP contribution in [0.3, 0.4) is 0 Å². The van der Waals surface area contributed by atoms with Gasteiger partial charge in [-0.25, -0.2) is 19.6 Å². The predicted molar refractivity (Wildman–Crippen MR) is 438 cm³/mol. The maximum Gasteiger partial charge on any atom is 0.490 e. The minimum atomic E-state index is -5.08. The number of likely N-dealkylation sites (N-methyl/N-ethyl adjacent to an activating group) is 2. The molecule has 41 heteroatoms. The standard InChI is InChI=1S/C40H45N9O9.C22H26N4O4.C19H22N4O6.C2HF3O2/c1-22-37(54)47(2)28-20-43-40(46-34(28)48(22)24-9-4-5-10-24)44-26-14-13-23(19-30(26)57-3)35(52)42-18-7-6-17-41-32(51)21-58-29-12-8-11-25-33(29)39(56)49(38(25)55)27-15-16-31(50)45-36(27)53;1-13-21(27)25(2)17-10-11-19(24-20(17)26(13)15-6-4-5-7-15)23-16-9-8-14(22(28)29)12-18(16)30-3;20-8-1-2-9-21-15(25)10-29-13-5-3-4-11-16(13)19(28)23(18(11)27)12-6-7-14(24)22-17(12)26;3-2(4,5)1(6)7/h8,11-14,19-20,22,24,27H,4-7,9-10,15-18,21H2,1-3H3,(H,41,51)(H,42,52)(H,43,44,46)(H,45,50,53);8-13,15H,4-7H2,1-3H3,(H,23,24)(H,28,29);3-5,12H,1-2,6-10,20H2,(H,21,25)(H,22,24,26);(H,6,7)/t22-,27?;13-;;/m11../s1. The topological polar surface area (TPSA) is 502 Å². The summed E-state index contributed by atoms with van der Waals surface area (Å²) < 4.78 is 53.8. The Labute approximate surface area is 707 Å². The number of hydrogen-bond acceptors (Lipinski definition) is 27. The monoisotopic (exact) mass is 1720 g/mol. The molecule has 2 unspecified atom stereocenters. The molecule has 2 aliphatic carbocycles. The zero-order valence-corrected chi connectivity index (χ0v) is 68.6. The summed E-state index contributed by atoms with van der Waals surface area (Å²) in [5, 5.41) is 35.4. The summed E-state index contributed by atoms with van der Waals surface area (Å²) in [4.78, 5) is 206. The van der Waals surface area contributed by atoms with Crippen LogP contribution in [0.15, 0.2) is 91.1 Å². The number of aliphatic carboxylic acids is 1. The Kier molecular flexibility index (Phi) is 29.5. The molecule has 6 aromatic rings. The molecule has 13 amide bonds. The fourth-order valence-electron chi connectivity index (χ4n) is 15.6. The second kappa shape index (κ2) is 40.2. The van der Waals surface area contributed by atoms with Crippen LogP contribution in [-0.4, -0.2) is 234 Å². The SMILES string of the molecule is COc1cc(C(=O)NCCCCNC(=O)COc2cccc3c2C(=O)N(C2CCC(=O)NC2=O)C3=O)ccc1Nc1ncc2c(n1)N(C1CCCC1)[C@H](C)C(=O)N2C.COc1cc(C(=O)O)ccc1Nc1ccc2c(n1)N(C1CCCC1)[C@H](C)C(=O)N2C.NCCCCNC(=O)COc1cccc2c1C(=O)N(C1CCC(=O)NC1=O)C2=O.O=C(O)C(F)(F)F. The van der Waals surface area contributed by atoms with Crippen LogP contribution in [-0.2, 0) is 43.2 Å². The number of unbranched alkanes of at least 4 members (excludes halogenated alkanes) is 2. The van der Waals surface area contributed by atoms with Crippen LogP contribution in [0.2, 0.25) is 0 Å². The van der Waals surface area contributed by atoms with Gasteiger partial charge >= 0.3 is 18.1 Å². The van der Waals surface area contributed by atoms with Gasteiger partial charge in [-0.1, -0.05) is 37.8 Å². The van der Waals surface area contributed by atoms with E-state index in [1.807, 2.05) is 26.0 Å². The Bertz CT molecular complexity index is 5180. The Morgan fingerprint density at radius 3 is 1.44 bits per heavy atom. The van der Waals surface area contributed by atoms with E-state index in [0.717, 1.165) is 85.5 Å². The number of methoxy groups -OCH3 is 2. The van der Waals surface area contributed by atoms with E-state index in [1.54, 1.807) is 54.4 Å². The molecule has 11 N–H and O–H groups in total. The number of alkyl halides is 3. The second-order valence-electron chi connectivity index (χ2n) is 30.0. The summed E-state index contributed by atoms with van der Waals surface area (Å²) in [6, 6.07) is 20.0. The zero-order valence-electron chi connectivity index (χ0n) is 68.6. The first kappa shape index (κ1) is 90.9. The molecule has 38 nitrogen and oxygen atoms in total. The van der Waals surface area contributed by atoms with Crippen LogP contribution in [0.25, 0.3) is 0 Å². The Morgan fingerprint density at radius 1 is 0.540 bits per heavy atom. The van der Waals surface area contributed by atoms with Crippen molar-refractivity contribution in [3.63, 3.8) is 0 Å². The number of carboxylic acids is 2. The lowest BCUT2D eigenvalue weighted by Gasteiger charge is -2.42. The predicted octanol–water partition coefficient (Wildman–Crippen LogP) is 6.05. The van der Waals surface area contributed by atoms with Crippen molar-refractivity contribution in [1.29, 1.82) is 0 Å². The average Bonchev–Trinajstić information content (AvgIpc) is 1.23. The van der Waals surface area contributed by atoms with Gasteiger partial charge in [-0.15, -0.1) is 0 Å². The lowest BCUT2D eigenvalue weighted by Crippen LogP contribution is -2.54. The van der Waals surface area contributed by atoms with Crippen LogP contribution < -0.4 is 81.5 Å². The van der Waals surface area contributed by atoms with E-state index in [-0.39, 0.29) is 113 Å². The molecule has 6 aliphatic heterocycles. The van der Waals surface area contributed by atoms with Crippen molar-refractivity contribution >= 4 is 135 Å². The molecular weight excluding hydrogens is 1630 g/mol. The molecule has 0 radical (unpaired) electrons. The van der Waals surface area contributed by atoms with Crippen molar-refractivity contribution in [2.45, 2.75) is 159 Å². The Hall–Kier alpha value is -13.9. The number of fused-ring (bicyclic) bond motifs is 4. The Balaban J connectivity index is 0.000000190. The Morgan fingerprint density at radius 2 is 0.984 bits per heavy atom. The smallest absolute Gasteiger partial charge is 0.490 e. The third-order valence-corrected chi connectivity index (χ3v) is 21.9. The molecule has 4 aromatic carbocycles. The van der Waals surface area contributed by atoms with Gasteiger partial charge in [0, 0.05) is 64.2 Å². The van der Waals surface area contributed by atoms with Crippen LogP contribution in [0.5, 0.6) is 23.0 Å². The molecule has 2 saturated heterocycles. The quantitative estimate of drug-likeness (QED) is 0.0207. The largest absolute Gasteiger partial charge is 0.495 e. The fourth-order valence-corrected chi connectivity index (χ4v) is 15.6. The van der Waals surface area contributed by atoms with Gasteiger partial charge in [0.25, 0.3) is 41.4 Å². The highest BCUT2D eigenvalue weighted by atomic mass is 19.4. The fraction of sp³-hybridized carbons (Fsp3) is 0.422. The number of aromatic nitrogens is 3. The first-order valence-electron chi connectivity index (χ1n) is 40.1. The van der Waals surface area contributed by atoms with E-state index >= 15 is 0 Å². The van der Waals surface area contributed by atoms with E-state index in [9.17, 15) is 85.4 Å². The number of ether oxygens (including phenoxy) is 4. The number of imide groups is 4. The number of aromatic carboxylic acids is 1. The highest BCUT2D eigenvalue weighted by Gasteiger charge is 2.49. The van der Waals surface area contributed by atoms with Gasteiger partial charge in [0.05, 0.1) is 65.3 Å². The molecule has 658 valence electrons. The maximum atomic E-state index is 13.2. The van der Waals surface area contributed by atoms with E-state index in [4.69, 9.17) is 44.6 Å². The summed E-state index contributed by atoms with van der Waals surface area (Å²) in [6.07, 6.45) is 8.03. The van der Waals surface area contributed by atoms with Crippen molar-refractivity contribution in [3.05, 3.63) is 125 Å². The van der Waals surface area contributed by atoms with E-state index in [2.05, 4.69) is 52.0 Å². The molecule has 0 spiro atoms. The number of carbonyl (C=O) groups excluding carboxylic acids is 13. The van der Waals surface area contributed by atoms with Crippen molar-refractivity contribution in [1.82, 2.24) is 51.3 Å². The molecule has 124 heavy (non-hydrogen) atoms. The number of halogens is 3. The maximum absolute atomic E-state index is 13.2. The summed E-state index contributed by atoms with van der Waals surface area (Å²) >= 11 is 0. The second-order valence-corrected chi connectivity index (χ2v) is 30.0. The highest BCUT2D eigenvalue weighted by molar-refractivity contribution is 6.26. The van der Waals surface area contributed by atoms with E-state index in [0.29, 0.717) is 96.8 Å². The normalized spacial score (nSPS) is 18.5. The highest BCUT2D eigenvalue weighted by Crippen LogP contribution is 2.44. The molecule has 8 heterocycles. The summed E-state index contributed by atoms with van der Waals surface area (Å²) in [5.41, 5.74) is 8.68. The third kappa shape index (κ3) is 20.6. The molecule has 8 aliphatic rings. The van der Waals surface area contributed by atoms with Crippen LogP contribution in [0.4, 0.5) is 59.3 Å². The number of nitrogens with one attached hydrogen (secondary N) is 7. The first-order valence-corrected chi connectivity index (χ1v) is 40.1. The summed E-state index contributed by atoms with van der Waals surface area (Å²) in [5.74, 6) is -6.45. The number of nitrogens with zero attached hydrogens (tertiary/aromatic N) is 9. The first-order chi connectivity index (χ1) is 59.2. The minimum absolute atomic E-state index is 0.00131. The van der Waals surface area contributed by atoms with Gasteiger partial charge in [0.1, 0.15) is 58.7 Å². The molecule has 4 atom stereocenters. The summed E-state index contributed by atoms with van der Waals surface area (Å²) in [6.45, 7) is 4.77. The number of hydrogen-bond donors (Lipinski definition) is 10. The van der Waals surface area contributed by atoms with Gasteiger partial charge in [0.2, 0.25) is 41.4 Å². The number of carbonyl (C=O) groups is 15. The number of amides is 13. The molecule has 2 aromatic heterocycles. The van der Waals surface area contributed by atoms with E-state index < -0.39 is 90.0 Å². The van der Waals surface area contributed by atoms with Crippen molar-refractivity contribution in [2.75, 3.05) is 97.9 Å². The van der Waals surface area contributed by atoms with Gasteiger partial charge < -0.3 is 81.1 Å². The van der Waals surface area contributed by atoms with Gasteiger partial charge in [-0.2, -0.15) is 18.2 Å². The number of piperidine rings is 2. The van der Waals surface area contributed by atoms with Gasteiger partial charge in [-0.3, -0.25) is 82.8 Å². The van der Waals surface area contributed by atoms with Gasteiger partial charge in [0.15, 0.2) is 24.8 Å². The minimum Gasteiger partial charge on any atom is -0.495 e. The van der Waals surface area contributed by atoms with Crippen molar-refractivity contribution in [2.24, 2.45) is 5.73 Å².